The van der Waals surface area contributed by atoms with E-state index in [0.29, 0.717) is 16.3 Å². The summed E-state index contributed by atoms with van der Waals surface area (Å²) in [5, 5.41) is 0. The molecule has 0 fully saturated rings. The summed E-state index contributed by atoms with van der Waals surface area (Å²) in [7, 11) is 0. The summed E-state index contributed by atoms with van der Waals surface area (Å²) in [5.41, 5.74) is 3.52. The molecular formula is C20H20N2O3S. The maximum Gasteiger partial charge on any atom is 0.292 e. The third-order valence-corrected chi connectivity index (χ3v) is 5.74. The average molecular weight is 368 g/mol. The molecule has 0 radical (unpaired) electrons. The number of nitrogens with zero attached hydrogens (tertiary/aromatic N) is 2. The monoisotopic (exact) mass is 368 g/mol. The maximum atomic E-state index is 12.7. The fourth-order valence-corrected chi connectivity index (χ4v) is 4.41. The van der Waals surface area contributed by atoms with E-state index in [1.54, 1.807) is 17.4 Å². The molecule has 2 heterocycles. The minimum Gasteiger partial charge on any atom is -0.485 e. The zero-order valence-electron chi connectivity index (χ0n) is 15.0. The van der Waals surface area contributed by atoms with Crippen LogP contribution < -0.4 is 14.3 Å². The Morgan fingerprint density at radius 3 is 2.69 bits per heavy atom. The van der Waals surface area contributed by atoms with Crippen LogP contribution >= 0.6 is 11.3 Å². The largest absolute Gasteiger partial charge is 0.485 e. The van der Waals surface area contributed by atoms with Crippen LogP contribution in [0.3, 0.4) is 0 Å². The smallest absolute Gasteiger partial charge is 0.292 e. The van der Waals surface area contributed by atoms with E-state index < -0.39 is 6.10 Å². The lowest BCUT2D eigenvalue weighted by atomic mass is 10.1. The summed E-state index contributed by atoms with van der Waals surface area (Å²) < 4.78 is 14.7. The lowest BCUT2D eigenvalue weighted by Crippen LogP contribution is -2.36. The van der Waals surface area contributed by atoms with Gasteiger partial charge in [0.2, 0.25) is 6.10 Å². The predicted molar refractivity (Wildman–Crippen MR) is 102 cm³/mol. The second-order valence-electron chi connectivity index (χ2n) is 6.32. The molecule has 1 amide bonds. The van der Waals surface area contributed by atoms with Gasteiger partial charge in [0.25, 0.3) is 5.91 Å². The van der Waals surface area contributed by atoms with Crippen LogP contribution in [0, 0.1) is 13.8 Å². The highest BCUT2D eigenvalue weighted by Gasteiger charge is 2.27. The first-order valence-electron chi connectivity index (χ1n) is 8.65. The molecule has 0 aliphatic carbocycles. The topological polar surface area (TPSA) is 52.8 Å². The minimum atomic E-state index is -0.720. The quantitative estimate of drug-likeness (QED) is 0.694. The van der Waals surface area contributed by atoms with Crippen molar-refractivity contribution in [3.05, 3.63) is 52.3 Å². The fourth-order valence-electron chi connectivity index (χ4n) is 3.16. The summed E-state index contributed by atoms with van der Waals surface area (Å²) in [6.45, 7) is 7.16. The van der Waals surface area contributed by atoms with E-state index in [9.17, 15) is 4.79 Å². The van der Waals surface area contributed by atoms with Crippen LogP contribution in [0.25, 0.3) is 10.2 Å². The summed E-state index contributed by atoms with van der Waals surface area (Å²) in [5.74, 6) is 0.926. The van der Waals surface area contributed by atoms with Gasteiger partial charge in [0.15, 0.2) is 16.3 Å². The molecule has 3 aromatic rings. The molecule has 0 bridgehead atoms. The molecule has 134 valence electrons. The van der Waals surface area contributed by atoms with E-state index in [1.807, 2.05) is 18.2 Å². The van der Waals surface area contributed by atoms with Gasteiger partial charge in [0.05, 0.1) is 10.2 Å². The van der Waals surface area contributed by atoms with Gasteiger partial charge in [0, 0.05) is 6.54 Å². The Kier molecular flexibility index (Phi) is 4.28. The first-order chi connectivity index (χ1) is 12.6. The number of carbonyl (C=O) groups excluding carboxylic acids is 1. The second kappa shape index (κ2) is 6.61. The Hall–Kier alpha value is -2.60. The lowest BCUT2D eigenvalue weighted by molar-refractivity contribution is -0.127. The Morgan fingerprint density at radius 1 is 1.19 bits per heavy atom. The Balaban J connectivity index is 1.74. The number of aryl methyl sites for hydroxylation is 3. The molecule has 26 heavy (non-hydrogen) atoms. The molecule has 0 saturated heterocycles. The Labute approximate surface area is 155 Å². The van der Waals surface area contributed by atoms with Crippen molar-refractivity contribution >= 4 is 27.5 Å². The van der Waals surface area contributed by atoms with Gasteiger partial charge < -0.3 is 14.0 Å². The van der Waals surface area contributed by atoms with Crippen LogP contribution in [-0.4, -0.2) is 23.2 Å². The van der Waals surface area contributed by atoms with Crippen molar-refractivity contribution in [2.24, 2.45) is 4.99 Å². The van der Waals surface area contributed by atoms with E-state index in [4.69, 9.17) is 9.47 Å². The van der Waals surface area contributed by atoms with Crippen molar-refractivity contribution in [1.29, 1.82) is 0 Å². The standard InChI is InChI=1S/C20H20N2O3S/c1-4-22-17-12(2)9-10-13(3)18(17)26-20(22)21-19(23)16-11-24-14-7-5-6-8-15(14)25-16/h5-10,16H,4,11H2,1-3H3. The summed E-state index contributed by atoms with van der Waals surface area (Å²) in [4.78, 5) is 17.8. The van der Waals surface area contributed by atoms with Crippen molar-refractivity contribution in [3.63, 3.8) is 0 Å². The molecule has 1 atom stereocenters. The highest BCUT2D eigenvalue weighted by atomic mass is 32.1. The predicted octanol–water partition coefficient (Wildman–Crippen LogP) is 3.61. The zero-order chi connectivity index (χ0) is 18.3. The van der Waals surface area contributed by atoms with Gasteiger partial charge in [-0.3, -0.25) is 4.79 Å². The fraction of sp³-hybridized carbons (Fsp3) is 0.300. The molecule has 1 aliphatic rings. The summed E-state index contributed by atoms with van der Waals surface area (Å²) >= 11 is 1.55. The van der Waals surface area contributed by atoms with Gasteiger partial charge in [-0.2, -0.15) is 4.99 Å². The third kappa shape index (κ3) is 2.80. The summed E-state index contributed by atoms with van der Waals surface area (Å²) in [6, 6.07) is 11.6. The van der Waals surface area contributed by atoms with Gasteiger partial charge in [-0.15, -0.1) is 0 Å². The first-order valence-corrected chi connectivity index (χ1v) is 9.46. The molecule has 0 N–H and O–H groups in total. The lowest BCUT2D eigenvalue weighted by Gasteiger charge is -2.23. The second-order valence-corrected chi connectivity index (χ2v) is 7.30. The van der Waals surface area contributed by atoms with Gasteiger partial charge in [-0.1, -0.05) is 35.6 Å². The number of rotatable bonds is 2. The van der Waals surface area contributed by atoms with Crippen molar-refractivity contribution in [2.75, 3.05) is 6.61 Å². The number of thiazole rings is 1. The van der Waals surface area contributed by atoms with Gasteiger partial charge in [-0.25, -0.2) is 0 Å². The van der Waals surface area contributed by atoms with Crippen LogP contribution in [0.4, 0.5) is 0 Å². The number of aromatic nitrogens is 1. The zero-order valence-corrected chi connectivity index (χ0v) is 15.8. The molecule has 1 aromatic heterocycles. The molecule has 5 nitrogen and oxygen atoms in total. The van der Waals surface area contributed by atoms with Gasteiger partial charge in [0.1, 0.15) is 6.61 Å². The Bertz CT molecular complexity index is 1060. The van der Waals surface area contributed by atoms with E-state index in [0.717, 1.165) is 12.1 Å². The van der Waals surface area contributed by atoms with Crippen LogP contribution in [0.1, 0.15) is 18.1 Å². The molecular weight excluding hydrogens is 348 g/mol. The van der Waals surface area contributed by atoms with Crippen molar-refractivity contribution in [2.45, 2.75) is 33.4 Å². The van der Waals surface area contributed by atoms with Crippen molar-refractivity contribution < 1.29 is 14.3 Å². The third-order valence-electron chi connectivity index (χ3n) is 4.53. The molecule has 0 saturated carbocycles. The molecule has 0 spiro atoms. The van der Waals surface area contributed by atoms with Crippen molar-refractivity contribution in [3.8, 4) is 11.5 Å². The van der Waals surface area contributed by atoms with E-state index >= 15 is 0 Å². The van der Waals surface area contributed by atoms with Crippen LogP contribution in [-0.2, 0) is 11.3 Å². The highest BCUT2D eigenvalue weighted by Crippen LogP contribution is 2.31. The van der Waals surface area contributed by atoms with Crippen molar-refractivity contribution in [1.82, 2.24) is 4.57 Å². The van der Waals surface area contributed by atoms with E-state index in [-0.39, 0.29) is 12.5 Å². The number of ether oxygens (including phenoxy) is 2. The number of amides is 1. The van der Waals surface area contributed by atoms with Gasteiger partial charge >= 0.3 is 0 Å². The number of carbonyl (C=O) groups is 1. The summed E-state index contributed by atoms with van der Waals surface area (Å²) in [6.07, 6.45) is -0.720. The number of benzene rings is 2. The van der Waals surface area contributed by atoms with Crippen LogP contribution in [0.2, 0.25) is 0 Å². The van der Waals surface area contributed by atoms with E-state index in [1.165, 1.54) is 15.8 Å². The first kappa shape index (κ1) is 16.8. The highest BCUT2D eigenvalue weighted by molar-refractivity contribution is 7.16. The number of hydrogen-bond donors (Lipinski definition) is 0. The minimum absolute atomic E-state index is 0.175. The normalized spacial score (nSPS) is 16.9. The Morgan fingerprint density at radius 2 is 1.92 bits per heavy atom. The molecule has 6 heteroatoms. The number of fused-ring (bicyclic) bond motifs is 2. The number of para-hydroxylation sites is 2. The molecule has 2 aromatic carbocycles. The average Bonchev–Trinajstić information content (AvgIpc) is 3.03. The van der Waals surface area contributed by atoms with E-state index in [2.05, 4.69) is 42.5 Å². The molecule has 4 rings (SSSR count). The van der Waals surface area contributed by atoms with Crippen LogP contribution in [0.15, 0.2) is 41.4 Å². The molecule has 1 aliphatic heterocycles. The number of hydrogen-bond acceptors (Lipinski definition) is 4. The van der Waals surface area contributed by atoms with Crippen LogP contribution in [0.5, 0.6) is 11.5 Å². The SMILES string of the molecule is CCn1c(=NC(=O)C2COc3ccccc3O2)sc2c(C)ccc(C)c21. The molecule has 1 unspecified atom stereocenters. The van der Waals surface area contributed by atoms with Gasteiger partial charge in [-0.05, 0) is 44.0 Å². The maximum absolute atomic E-state index is 12.7.